The van der Waals surface area contributed by atoms with E-state index in [0.717, 1.165) is 11.3 Å². The molecule has 0 spiro atoms. The second-order valence-electron chi connectivity index (χ2n) is 5.97. The molecule has 0 saturated carbocycles. The van der Waals surface area contributed by atoms with Crippen LogP contribution in [0, 0.1) is 0 Å². The molecule has 0 bridgehead atoms. The first-order chi connectivity index (χ1) is 13.1. The summed E-state index contributed by atoms with van der Waals surface area (Å²) < 4.78 is 10.9. The number of oxazole rings is 1. The maximum Gasteiger partial charge on any atom is 0.273 e. The predicted octanol–water partition coefficient (Wildman–Crippen LogP) is 2.43. The molecule has 4 N–H and O–H groups in total. The van der Waals surface area contributed by atoms with E-state index in [1.807, 2.05) is 30.3 Å². The average Bonchev–Trinajstić information content (AvgIpc) is 3.18. The number of hydrogen-bond acceptors (Lipinski definition) is 6. The Labute approximate surface area is 156 Å². The van der Waals surface area contributed by atoms with Crippen molar-refractivity contribution in [2.45, 2.75) is 12.5 Å². The molecule has 1 heterocycles. The molecule has 0 aliphatic heterocycles. The van der Waals surface area contributed by atoms with Gasteiger partial charge in [-0.3, -0.25) is 4.79 Å². The van der Waals surface area contributed by atoms with Gasteiger partial charge in [-0.2, -0.15) is 0 Å². The van der Waals surface area contributed by atoms with Gasteiger partial charge in [-0.1, -0.05) is 30.3 Å². The van der Waals surface area contributed by atoms with Gasteiger partial charge in [-0.25, -0.2) is 4.98 Å². The number of benzene rings is 2. The highest BCUT2D eigenvalue weighted by Gasteiger charge is 2.17. The molecule has 0 aliphatic rings. The van der Waals surface area contributed by atoms with Crippen LogP contribution >= 0.6 is 0 Å². The van der Waals surface area contributed by atoms with Crippen LogP contribution in [0.1, 0.15) is 28.0 Å². The molecule has 1 amide bonds. The first kappa shape index (κ1) is 18.5. The van der Waals surface area contributed by atoms with Gasteiger partial charge in [0.05, 0.1) is 12.6 Å². The zero-order valence-electron chi connectivity index (χ0n) is 14.7. The van der Waals surface area contributed by atoms with E-state index in [4.69, 9.17) is 14.9 Å². The number of carbonyl (C=O) groups excluding carboxylic acids is 1. The number of carbonyl (C=O) groups is 1. The van der Waals surface area contributed by atoms with Crippen molar-refractivity contribution in [3.05, 3.63) is 78.0 Å². The van der Waals surface area contributed by atoms with Crippen LogP contribution in [0.15, 0.2) is 65.3 Å². The fraction of sp³-hybridized carbons (Fsp3) is 0.200. The summed E-state index contributed by atoms with van der Waals surface area (Å²) >= 11 is 0. The summed E-state index contributed by atoms with van der Waals surface area (Å²) in [4.78, 5) is 16.3. The van der Waals surface area contributed by atoms with Crippen LogP contribution in [0.4, 0.5) is 0 Å². The molecule has 1 atom stereocenters. The van der Waals surface area contributed by atoms with Gasteiger partial charge < -0.3 is 25.3 Å². The van der Waals surface area contributed by atoms with E-state index in [1.54, 1.807) is 24.3 Å². The van der Waals surface area contributed by atoms with Crippen molar-refractivity contribution in [1.82, 2.24) is 10.3 Å². The van der Waals surface area contributed by atoms with Gasteiger partial charge in [0.25, 0.3) is 5.91 Å². The maximum atomic E-state index is 12.1. The van der Waals surface area contributed by atoms with Crippen molar-refractivity contribution in [1.29, 1.82) is 0 Å². The number of ether oxygens (including phenoxy) is 1. The number of nitrogens with one attached hydrogen (secondary N) is 1. The standard InChI is InChI=1S/C20H21N3O4/c21-17(12-14-6-8-15(24)9-7-14)20-23-18(13-27-20)19(25)22-10-11-26-16-4-2-1-3-5-16/h1-9,13,17,24H,10-12,21H2,(H,22,25). The predicted molar refractivity (Wildman–Crippen MR) is 99.5 cm³/mol. The number of aromatic hydroxyl groups is 1. The smallest absolute Gasteiger partial charge is 0.273 e. The van der Waals surface area contributed by atoms with Crippen LogP contribution in [0.25, 0.3) is 0 Å². The van der Waals surface area contributed by atoms with E-state index in [1.165, 1.54) is 6.26 Å². The largest absolute Gasteiger partial charge is 0.508 e. The second-order valence-corrected chi connectivity index (χ2v) is 5.97. The summed E-state index contributed by atoms with van der Waals surface area (Å²) in [5.41, 5.74) is 7.20. The van der Waals surface area contributed by atoms with Crippen LogP contribution < -0.4 is 15.8 Å². The van der Waals surface area contributed by atoms with Crippen LogP contribution in [0.2, 0.25) is 0 Å². The van der Waals surface area contributed by atoms with Gasteiger partial charge in [-0.05, 0) is 36.2 Å². The molecular formula is C20H21N3O4. The lowest BCUT2D eigenvalue weighted by Gasteiger charge is -2.07. The minimum absolute atomic E-state index is 0.172. The van der Waals surface area contributed by atoms with E-state index in [0.29, 0.717) is 19.6 Å². The van der Waals surface area contributed by atoms with E-state index < -0.39 is 6.04 Å². The van der Waals surface area contributed by atoms with E-state index in [9.17, 15) is 9.90 Å². The van der Waals surface area contributed by atoms with Crippen molar-refractivity contribution in [2.75, 3.05) is 13.2 Å². The highest BCUT2D eigenvalue weighted by atomic mass is 16.5. The number of rotatable bonds is 8. The lowest BCUT2D eigenvalue weighted by Crippen LogP contribution is -2.28. The molecule has 7 heteroatoms. The molecule has 0 saturated heterocycles. The number of hydrogen-bond donors (Lipinski definition) is 3. The first-order valence-corrected chi connectivity index (χ1v) is 8.57. The fourth-order valence-electron chi connectivity index (χ4n) is 2.48. The molecule has 1 unspecified atom stereocenters. The Morgan fingerprint density at radius 3 is 2.67 bits per heavy atom. The number of phenolic OH excluding ortho intramolecular Hbond substituents is 1. The molecule has 0 fully saturated rings. The van der Waals surface area contributed by atoms with Gasteiger partial charge in [0.2, 0.25) is 5.89 Å². The SMILES string of the molecule is NC(Cc1ccc(O)cc1)c1nc(C(=O)NCCOc2ccccc2)co1. The Kier molecular flexibility index (Phi) is 6.06. The third kappa shape index (κ3) is 5.32. The summed E-state index contributed by atoms with van der Waals surface area (Å²) in [5.74, 6) is 0.876. The molecule has 3 rings (SSSR count). The Morgan fingerprint density at radius 1 is 1.19 bits per heavy atom. The topological polar surface area (TPSA) is 111 Å². The van der Waals surface area contributed by atoms with Gasteiger partial charge >= 0.3 is 0 Å². The zero-order chi connectivity index (χ0) is 19.1. The Morgan fingerprint density at radius 2 is 1.93 bits per heavy atom. The summed E-state index contributed by atoms with van der Waals surface area (Å²) in [6, 6.07) is 15.6. The molecule has 7 nitrogen and oxygen atoms in total. The Balaban J connectivity index is 1.47. The van der Waals surface area contributed by atoms with Crippen molar-refractivity contribution in [3.63, 3.8) is 0 Å². The van der Waals surface area contributed by atoms with Crippen LogP contribution in [0.5, 0.6) is 11.5 Å². The summed E-state index contributed by atoms with van der Waals surface area (Å²) in [7, 11) is 0. The lowest BCUT2D eigenvalue weighted by molar-refractivity contribution is 0.0942. The third-order valence-electron chi connectivity index (χ3n) is 3.86. The molecule has 140 valence electrons. The normalized spacial score (nSPS) is 11.7. The average molecular weight is 367 g/mol. The lowest BCUT2D eigenvalue weighted by atomic mass is 10.1. The number of aromatic nitrogens is 1. The molecule has 2 aromatic carbocycles. The molecule has 0 aliphatic carbocycles. The minimum Gasteiger partial charge on any atom is -0.508 e. The highest BCUT2D eigenvalue weighted by molar-refractivity contribution is 5.91. The second kappa shape index (κ2) is 8.86. The van der Waals surface area contributed by atoms with Crippen LogP contribution in [0.3, 0.4) is 0 Å². The van der Waals surface area contributed by atoms with Crippen LogP contribution in [-0.4, -0.2) is 29.1 Å². The Hall–Kier alpha value is -3.32. The highest BCUT2D eigenvalue weighted by Crippen LogP contribution is 2.18. The molecule has 1 aromatic heterocycles. The van der Waals surface area contributed by atoms with Crippen molar-refractivity contribution in [3.8, 4) is 11.5 Å². The fourth-order valence-corrected chi connectivity index (χ4v) is 2.48. The number of nitrogens with two attached hydrogens (primary N) is 1. The van der Waals surface area contributed by atoms with Crippen molar-refractivity contribution < 1.29 is 19.1 Å². The van der Waals surface area contributed by atoms with Gasteiger partial charge in [0.1, 0.15) is 24.4 Å². The monoisotopic (exact) mass is 367 g/mol. The quantitative estimate of drug-likeness (QED) is 0.527. The minimum atomic E-state index is -0.488. The van der Waals surface area contributed by atoms with Gasteiger partial charge in [-0.15, -0.1) is 0 Å². The number of para-hydroxylation sites is 1. The molecule has 27 heavy (non-hydrogen) atoms. The third-order valence-corrected chi connectivity index (χ3v) is 3.86. The van der Waals surface area contributed by atoms with Crippen molar-refractivity contribution in [2.24, 2.45) is 5.73 Å². The summed E-state index contributed by atoms with van der Waals surface area (Å²) in [6.07, 6.45) is 1.77. The number of nitrogens with zero attached hydrogens (tertiary/aromatic N) is 1. The summed E-state index contributed by atoms with van der Waals surface area (Å²) in [5, 5.41) is 12.0. The van der Waals surface area contributed by atoms with Gasteiger partial charge in [0, 0.05) is 0 Å². The molecular weight excluding hydrogens is 346 g/mol. The number of phenols is 1. The van der Waals surface area contributed by atoms with Crippen LogP contribution in [-0.2, 0) is 6.42 Å². The molecule has 0 radical (unpaired) electrons. The van der Waals surface area contributed by atoms with E-state index in [-0.39, 0.29) is 23.2 Å². The Bertz CT molecular complexity index is 862. The van der Waals surface area contributed by atoms with E-state index in [2.05, 4.69) is 10.3 Å². The number of amides is 1. The van der Waals surface area contributed by atoms with Gasteiger partial charge in [0.15, 0.2) is 5.69 Å². The van der Waals surface area contributed by atoms with Crippen molar-refractivity contribution >= 4 is 5.91 Å². The maximum absolute atomic E-state index is 12.1. The van der Waals surface area contributed by atoms with E-state index >= 15 is 0 Å². The zero-order valence-corrected chi connectivity index (χ0v) is 14.7. The molecule has 3 aromatic rings. The first-order valence-electron chi connectivity index (χ1n) is 8.57. The summed E-state index contributed by atoms with van der Waals surface area (Å²) in [6.45, 7) is 0.691.